The van der Waals surface area contributed by atoms with Gasteiger partial charge in [0.25, 0.3) is 11.1 Å². The summed E-state index contributed by atoms with van der Waals surface area (Å²) >= 11 is 0. The molecule has 0 spiro atoms. The Balaban J connectivity index is 1.90. The highest BCUT2D eigenvalue weighted by Crippen LogP contribution is 2.15. The lowest BCUT2D eigenvalue weighted by molar-refractivity contribution is 0.695. The molecule has 12 heteroatoms. The van der Waals surface area contributed by atoms with Crippen molar-refractivity contribution in [2.75, 3.05) is 11.5 Å². The highest BCUT2D eigenvalue weighted by atomic mass is 16.2. The van der Waals surface area contributed by atoms with Crippen LogP contribution >= 0.6 is 0 Å². The highest BCUT2D eigenvalue weighted by molar-refractivity contribution is 5.87. The van der Waals surface area contributed by atoms with E-state index in [0.717, 1.165) is 18.3 Å². The zero-order valence-electron chi connectivity index (χ0n) is 17.9. The van der Waals surface area contributed by atoms with Gasteiger partial charge in [-0.3, -0.25) is 27.9 Å². The van der Waals surface area contributed by atoms with Gasteiger partial charge in [-0.2, -0.15) is 0 Å². The van der Waals surface area contributed by atoms with Crippen LogP contribution in [0, 0.1) is 0 Å². The number of hydrogen-bond donors (Lipinski definition) is 2. The summed E-state index contributed by atoms with van der Waals surface area (Å²) in [6.07, 6.45) is 2.89. The van der Waals surface area contributed by atoms with Gasteiger partial charge in [-0.1, -0.05) is 24.3 Å². The zero-order chi connectivity index (χ0) is 23.7. The van der Waals surface area contributed by atoms with Gasteiger partial charge in [0, 0.05) is 40.6 Å². The number of anilines is 2. The molecule has 0 fully saturated rings. The molecule has 0 saturated carbocycles. The summed E-state index contributed by atoms with van der Waals surface area (Å²) in [5.74, 6) is -0.0657. The second-order valence-corrected chi connectivity index (χ2v) is 7.06. The van der Waals surface area contributed by atoms with Crippen LogP contribution in [0.1, 0.15) is 11.1 Å². The Hall–Kier alpha value is -4.48. The highest BCUT2D eigenvalue weighted by Gasteiger charge is 2.12. The molecule has 3 rings (SSSR count). The minimum absolute atomic E-state index is 0.0328. The third kappa shape index (κ3) is 3.80. The van der Waals surface area contributed by atoms with Crippen LogP contribution in [0.25, 0.3) is 0 Å². The number of benzene rings is 1. The van der Waals surface area contributed by atoms with Crippen molar-refractivity contribution in [2.24, 2.45) is 38.2 Å². The zero-order valence-corrected chi connectivity index (χ0v) is 17.9. The van der Waals surface area contributed by atoms with Crippen molar-refractivity contribution in [2.45, 2.75) is 0 Å². The molecule has 0 aliphatic carbocycles. The molecule has 166 valence electrons. The standard InChI is InChI=1S/C20H22N8O4/c1-25-15(21)13(17(29)27(3)19(25)31)23-9-11-5-7-12(8-6-11)10-24-14-16(22)26(2)20(32)28(4)18(14)30/h5-10H,21-22H2,1-4H3. The SMILES string of the molecule is Cn1c(N)c(N=Cc2ccc(C=Nc3c(N)n(C)c(=O)n(C)c3=O)cc2)c(=O)n(C)c1=O. The maximum Gasteiger partial charge on any atom is 0.332 e. The normalized spacial score (nSPS) is 11.6. The summed E-state index contributed by atoms with van der Waals surface area (Å²) in [6, 6.07) is 6.87. The van der Waals surface area contributed by atoms with Crippen LogP contribution in [0.2, 0.25) is 0 Å². The van der Waals surface area contributed by atoms with Crippen LogP contribution in [0.5, 0.6) is 0 Å². The van der Waals surface area contributed by atoms with Gasteiger partial charge in [0.15, 0.2) is 11.4 Å². The van der Waals surface area contributed by atoms with E-state index < -0.39 is 22.5 Å². The average Bonchev–Trinajstić information content (AvgIpc) is 2.79. The van der Waals surface area contributed by atoms with E-state index in [4.69, 9.17) is 11.5 Å². The van der Waals surface area contributed by atoms with E-state index in [0.29, 0.717) is 11.1 Å². The largest absolute Gasteiger partial charge is 0.383 e. The number of nitrogens with zero attached hydrogens (tertiary/aromatic N) is 6. The van der Waals surface area contributed by atoms with Gasteiger partial charge in [-0.25, -0.2) is 19.6 Å². The Bertz CT molecular complexity index is 1390. The van der Waals surface area contributed by atoms with E-state index in [1.54, 1.807) is 24.3 Å². The number of rotatable bonds is 4. The number of hydrogen-bond acceptors (Lipinski definition) is 8. The van der Waals surface area contributed by atoms with Gasteiger partial charge in [-0.05, 0) is 11.1 Å². The minimum Gasteiger partial charge on any atom is -0.383 e. The van der Waals surface area contributed by atoms with E-state index in [9.17, 15) is 19.2 Å². The monoisotopic (exact) mass is 438 g/mol. The summed E-state index contributed by atoms with van der Waals surface area (Å²) in [7, 11) is 5.60. The predicted octanol–water partition coefficient (Wildman–Crippen LogP) is -0.853. The minimum atomic E-state index is -0.595. The first-order valence-electron chi connectivity index (χ1n) is 9.33. The van der Waals surface area contributed by atoms with Crippen molar-refractivity contribution < 1.29 is 0 Å². The van der Waals surface area contributed by atoms with Crippen molar-refractivity contribution in [3.8, 4) is 0 Å². The van der Waals surface area contributed by atoms with Crippen LogP contribution in [0.3, 0.4) is 0 Å². The molecule has 0 saturated heterocycles. The van der Waals surface area contributed by atoms with Gasteiger partial charge in [0.1, 0.15) is 11.6 Å². The van der Waals surface area contributed by atoms with E-state index in [1.807, 2.05) is 0 Å². The molecule has 0 radical (unpaired) electrons. The number of aliphatic imine (C=N–C) groups is 2. The summed E-state index contributed by atoms with van der Waals surface area (Å²) in [5.41, 5.74) is 10.7. The molecule has 0 atom stereocenters. The molecular weight excluding hydrogens is 416 g/mol. The topological polar surface area (TPSA) is 165 Å². The predicted molar refractivity (Wildman–Crippen MR) is 124 cm³/mol. The second kappa shape index (κ2) is 8.34. The third-order valence-electron chi connectivity index (χ3n) is 4.99. The Kier molecular flexibility index (Phi) is 5.79. The number of nitrogen functional groups attached to an aromatic ring is 2. The molecular formula is C20H22N8O4. The first kappa shape index (κ1) is 22.2. The van der Waals surface area contributed by atoms with Gasteiger partial charge in [0.05, 0.1) is 0 Å². The van der Waals surface area contributed by atoms with E-state index in [-0.39, 0.29) is 23.0 Å². The quantitative estimate of drug-likeness (QED) is 0.503. The molecule has 0 aliphatic rings. The summed E-state index contributed by atoms with van der Waals surface area (Å²) in [5, 5.41) is 0. The molecule has 0 amide bonds. The van der Waals surface area contributed by atoms with E-state index in [2.05, 4.69) is 9.98 Å². The van der Waals surface area contributed by atoms with Crippen LogP contribution in [-0.4, -0.2) is 30.7 Å². The van der Waals surface area contributed by atoms with Crippen LogP contribution in [0.4, 0.5) is 23.0 Å². The molecule has 2 heterocycles. The Morgan fingerprint density at radius 3 is 1.25 bits per heavy atom. The van der Waals surface area contributed by atoms with Crippen LogP contribution < -0.4 is 34.0 Å². The molecule has 0 unspecified atom stereocenters. The van der Waals surface area contributed by atoms with Crippen molar-refractivity contribution in [3.05, 3.63) is 77.1 Å². The fraction of sp³-hybridized carbons (Fsp3) is 0.200. The maximum absolute atomic E-state index is 12.3. The molecule has 1 aromatic carbocycles. The molecule has 12 nitrogen and oxygen atoms in total. The summed E-state index contributed by atoms with van der Waals surface area (Å²) in [4.78, 5) is 56.5. The first-order valence-corrected chi connectivity index (χ1v) is 9.33. The average molecular weight is 438 g/mol. The van der Waals surface area contributed by atoms with Crippen LogP contribution in [-0.2, 0) is 28.2 Å². The van der Waals surface area contributed by atoms with Crippen molar-refractivity contribution >= 4 is 35.4 Å². The first-order chi connectivity index (χ1) is 15.0. The molecule has 3 aromatic rings. The fourth-order valence-electron chi connectivity index (χ4n) is 2.87. The molecule has 0 aliphatic heterocycles. The van der Waals surface area contributed by atoms with Gasteiger partial charge >= 0.3 is 11.4 Å². The lowest BCUT2D eigenvalue weighted by atomic mass is 10.1. The lowest BCUT2D eigenvalue weighted by Crippen LogP contribution is -2.37. The molecule has 32 heavy (non-hydrogen) atoms. The van der Waals surface area contributed by atoms with Crippen molar-refractivity contribution in [1.82, 2.24) is 18.3 Å². The van der Waals surface area contributed by atoms with E-state index >= 15 is 0 Å². The molecule has 4 N–H and O–H groups in total. The Labute approximate surface area is 181 Å². The summed E-state index contributed by atoms with van der Waals surface area (Å²) < 4.78 is 4.14. The lowest BCUT2D eigenvalue weighted by Gasteiger charge is -2.08. The maximum atomic E-state index is 12.3. The smallest absolute Gasteiger partial charge is 0.332 e. The second-order valence-electron chi connectivity index (χ2n) is 7.06. The van der Waals surface area contributed by atoms with Crippen molar-refractivity contribution in [3.63, 3.8) is 0 Å². The molecule has 2 aromatic heterocycles. The number of aromatic nitrogens is 4. The number of nitrogens with two attached hydrogens (primary N) is 2. The Morgan fingerprint density at radius 2 is 0.938 bits per heavy atom. The van der Waals surface area contributed by atoms with Gasteiger partial charge in [-0.15, -0.1) is 0 Å². The Morgan fingerprint density at radius 1 is 0.625 bits per heavy atom. The van der Waals surface area contributed by atoms with Crippen LogP contribution in [0.15, 0.2) is 53.4 Å². The van der Waals surface area contributed by atoms with E-state index in [1.165, 1.54) is 40.6 Å². The molecule has 0 bridgehead atoms. The fourth-order valence-corrected chi connectivity index (χ4v) is 2.87. The summed E-state index contributed by atoms with van der Waals surface area (Å²) in [6.45, 7) is 0. The van der Waals surface area contributed by atoms with Crippen molar-refractivity contribution in [1.29, 1.82) is 0 Å². The third-order valence-corrected chi connectivity index (χ3v) is 4.99. The van der Waals surface area contributed by atoms with Gasteiger partial charge in [0.2, 0.25) is 0 Å². The van der Waals surface area contributed by atoms with Gasteiger partial charge < -0.3 is 11.5 Å².